The molecule has 114 valence electrons. The van der Waals surface area contributed by atoms with Crippen molar-refractivity contribution in [2.75, 3.05) is 61.2 Å². The van der Waals surface area contributed by atoms with Gasteiger partial charge >= 0.3 is 0 Å². The van der Waals surface area contributed by atoms with Crippen molar-refractivity contribution in [1.29, 1.82) is 0 Å². The molecule has 0 bridgehead atoms. The SMILES string of the molecule is COCCOCC(O)CN(C)CC1(N(C)C)CCC1. The molecule has 19 heavy (non-hydrogen) atoms. The Balaban J connectivity index is 2.20. The summed E-state index contributed by atoms with van der Waals surface area (Å²) in [5, 5.41) is 9.92. The van der Waals surface area contributed by atoms with Gasteiger partial charge in [0.05, 0.1) is 25.9 Å². The van der Waals surface area contributed by atoms with Gasteiger partial charge in [0.1, 0.15) is 0 Å². The topological polar surface area (TPSA) is 45.2 Å². The highest BCUT2D eigenvalue weighted by atomic mass is 16.5. The van der Waals surface area contributed by atoms with E-state index in [0.717, 1.165) is 6.54 Å². The van der Waals surface area contributed by atoms with Gasteiger partial charge in [-0.25, -0.2) is 0 Å². The predicted octanol–water partition coefficient (Wildman–Crippen LogP) is 0.426. The maximum Gasteiger partial charge on any atom is 0.0900 e. The Morgan fingerprint density at radius 3 is 2.37 bits per heavy atom. The summed E-state index contributed by atoms with van der Waals surface area (Å²) in [4.78, 5) is 4.54. The van der Waals surface area contributed by atoms with Crippen molar-refractivity contribution in [3.8, 4) is 0 Å². The van der Waals surface area contributed by atoms with Crippen LogP contribution < -0.4 is 0 Å². The molecule has 1 rings (SSSR count). The van der Waals surface area contributed by atoms with Crippen molar-refractivity contribution in [1.82, 2.24) is 9.80 Å². The van der Waals surface area contributed by atoms with E-state index in [-0.39, 0.29) is 0 Å². The van der Waals surface area contributed by atoms with Crippen molar-refractivity contribution < 1.29 is 14.6 Å². The van der Waals surface area contributed by atoms with Crippen LogP contribution in [0.5, 0.6) is 0 Å². The zero-order chi connectivity index (χ0) is 14.3. The van der Waals surface area contributed by atoms with Gasteiger partial charge in [0, 0.05) is 25.7 Å². The molecule has 0 heterocycles. The molecule has 1 aliphatic carbocycles. The molecule has 1 saturated carbocycles. The minimum atomic E-state index is -0.429. The zero-order valence-electron chi connectivity index (χ0n) is 12.9. The number of aliphatic hydroxyl groups is 1. The minimum Gasteiger partial charge on any atom is -0.389 e. The normalized spacial score (nSPS) is 19.7. The Labute approximate surface area is 117 Å². The molecular weight excluding hydrogens is 244 g/mol. The molecule has 1 atom stereocenters. The van der Waals surface area contributed by atoms with E-state index in [9.17, 15) is 5.11 Å². The molecular formula is C14H30N2O3. The third-order valence-electron chi connectivity index (χ3n) is 4.06. The Morgan fingerprint density at radius 2 is 1.89 bits per heavy atom. The zero-order valence-corrected chi connectivity index (χ0v) is 12.9. The molecule has 0 aliphatic heterocycles. The average molecular weight is 274 g/mol. The number of methoxy groups -OCH3 is 1. The number of ether oxygens (including phenoxy) is 2. The van der Waals surface area contributed by atoms with Crippen LogP contribution in [0.25, 0.3) is 0 Å². The summed E-state index contributed by atoms with van der Waals surface area (Å²) in [5.41, 5.74) is 0.311. The molecule has 0 radical (unpaired) electrons. The van der Waals surface area contributed by atoms with E-state index in [1.807, 2.05) is 0 Å². The summed E-state index contributed by atoms with van der Waals surface area (Å²) in [5.74, 6) is 0. The largest absolute Gasteiger partial charge is 0.389 e. The second-order valence-electron chi connectivity index (χ2n) is 5.89. The maximum atomic E-state index is 9.92. The van der Waals surface area contributed by atoms with Crippen LogP contribution in [0.15, 0.2) is 0 Å². The van der Waals surface area contributed by atoms with Crippen LogP contribution in [0, 0.1) is 0 Å². The van der Waals surface area contributed by atoms with Crippen molar-refractivity contribution in [2.24, 2.45) is 0 Å². The van der Waals surface area contributed by atoms with Crippen molar-refractivity contribution in [3.05, 3.63) is 0 Å². The van der Waals surface area contributed by atoms with Crippen LogP contribution in [-0.2, 0) is 9.47 Å². The van der Waals surface area contributed by atoms with Crippen molar-refractivity contribution in [2.45, 2.75) is 30.9 Å². The highest BCUT2D eigenvalue weighted by molar-refractivity contribution is 4.97. The van der Waals surface area contributed by atoms with Gasteiger partial charge in [0.2, 0.25) is 0 Å². The molecule has 1 aliphatic rings. The predicted molar refractivity (Wildman–Crippen MR) is 76.5 cm³/mol. The lowest BCUT2D eigenvalue weighted by atomic mass is 9.75. The number of likely N-dealkylation sites (N-methyl/N-ethyl adjacent to an activating group) is 2. The van der Waals surface area contributed by atoms with E-state index < -0.39 is 6.10 Å². The Hall–Kier alpha value is -0.200. The van der Waals surface area contributed by atoms with Crippen LogP contribution in [-0.4, -0.2) is 87.7 Å². The Bertz CT molecular complexity index is 245. The Morgan fingerprint density at radius 1 is 1.21 bits per heavy atom. The molecule has 5 heteroatoms. The summed E-state index contributed by atoms with van der Waals surface area (Å²) in [6, 6.07) is 0. The van der Waals surface area contributed by atoms with E-state index >= 15 is 0 Å². The highest BCUT2D eigenvalue weighted by Crippen LogP contribution is 2.36. The highest BCUT2D eigenvalue weighted by Gasteiger charge is 2.39. The number of hydrogen-bond acceptors (Lipinski definition) is 5. The van der Waals surface area contributed by atoms with Crippen LogP contribution >= 0.6 is 0 Å². The lowest BCUT2D eigenvalue weighted by Crippen LogP contribution is -2.57. The first-order valence-corrected chi connectivity index (χ1v) is 7.11. The third kappa shape index (κ3) is 5.36. The van der Waals surface area contributed by atoms with Gasteiger partial charge < -0.3 is 24.4 Å². The van der Waals surface area contributed by atoms with Crippen molar-refractivity contribution >= 4 is 0 Å². The molecule has 0 aromatic heterocycles. The number of rotatable bonds is 10. The smallest absolute Gasteiger partial charge is 0.0900 e. The van der Waals surface area contributed by atoms with Gasteiger partial charge in [0.15, 0.2) is 0 Å². The van der Waals surface area contributed by atoms with E-state index in [1.54, 1.807) is 7.11 Å². The molecule has 0 aromatic rings. The number of nitrogens with zero attached hydrogens (tertiary/aromatic N) is 2. The van der Waals surface area contributed by atoms with Crippen LogP contribution in [0.2, 0.25) is 0 Å². The summed E-state index contributed by atoms with van der Waals surface area (Å²) < 4.78 is 10.2. The quantitative estimate of drug-likeness (QED) is 0.585. The van der Waals surface area contributed by atoms with E-state index in [0.29, 0.717) is 31.9 Å². The number of hydrogen-bond donors (Lipinski definition) is 1. The van der Waals surface area contributed by atoms with E-state index in [2.05, 4.69) is 30.9 Å². The van der Waals surface area contributed by atoms with Gasteiger partial charge in [-0.15, -0.1) is 0 Å². The maximum absolute atomic E-state index is 9.92. The van der Waals surface area contributed by atoms with E-state index in [4.69, 9.17) is 9.47 Å². The van der Waals surface area contributed by atoms with Crippen LogP contribution in [0.4, 0.5) is 0 Å². The first-order valence-electron chi connectivity index (χ1n) is 7.11. The lowest BCUT2D eigenvalue weighted by Gasteiger charge is -2.49. The summed E-state index contributed by atoms with van der Waals surface area (Å²) in [7, 11) is 8.02. The van der Waals surface area contributed by atoms with Crippen LogP contribution in [0.3, 0.4) is 0 Å². The first kappa shape index (κ1) is 16.9. The lowest BCUT2D eigenvalue weighted by molar-refractivity contribution is -0.0158. The monoisotopic (exact) mass is 274 g/mol. The average Bonchev–Trinajstić information content (AvgIpc) is 2.29. The Kier molecular flexibility index (Phi) is 7.25. The van der Waals surface area contributed by atoms with Gasteiger partial charge in [-0.2, -0.15) is 0 Å². The summed E-state index contributed by atoms with van der Waals surface area (Å²) in [6.45, 7) is 3.16. The second kappa shape index (κ2) is 8.17. The molecule has 0 spiro atoms. The fourth-order valence-corrected chi connectivity index (χ4v) is 2.67. The minimum absolute atomic E-state index is 0.311. The van der Waals surface area contributed by atoms with Gasteiger partial charge in [-0.1, -0.05) is 0 Å². The molecule has 0 saturated heterocycles. The van der Waals surface area contributed by atoms with Crippen molar-refractivity contribution in [3.63, 3.8) is 0 Å². The molecule has 0 aromatic carbocycles. The summed E-state index contributed by atoms with van der Waals surface area (Å²) >= 11 is 0. The fourth-order valence-electron chi connectivity index (χ4n) is 2.67. The molecule has 0 amide bonds. The molecule has 1 N–H and O–H groups in total. The third-order valence-corrected chi connectivity index (χ3v) is 4.06. The van der Waals surface area contributed by atoms with Gasteiger partial charge in [-0.3, -0.25) is 0 Å². The molecule has 1 unspecified atom stereocenters. The molecule has 5 nitrogen and oxygen atoms in total. The number of aliphatic hydroxyl groups excluding tert-OH is 1. The van der Waals surface area contributed by atoms with E-state index in [1.165, 1.54) is 19.3 Å². The first-order chi connectivity index (χ1) is 9.00. The molecule has 1 fully saturated rings. The second-order valence-corrected chi connectivity index (χ2v) is 5.89. The fraction of sp³-hybridized carbons (Fsp3) is 1.00. The van der Waals surface area contributed by atoms with Gasteiger partial charge in [-0.05, 0) is 40.4 Å². The standard InChI is InChI=1S/C14H30N2O3/c1-15(2)14(6-5-7-14)12-16(3)10-13(17)11-19-9-8-18-4/h13,17H,5-12H2,1-4H3. The van der Waals surface area contributed by atoms with Gasteiger partial charge in [0.25, 0.3) is 0 Å². The summed E-state index contributed by atoms with van der Waals surface area (Å²) in [6.07, 6.45) is 3.39. The van der Waals surface area contributed by atoms with Crippen LogP contribution in [0.1, 0.15) is 19.3 Å².